The van der Waals surface area contributed by atoms with Gasteiger partial charge >= 0.3 is 6.18 Å². The second kappa shape index (κ2) is 8.27. The number of carbonyl (C=O) groups excluding carboxylic acids is 2. The minimum atomic E-state index is -4.77. The number of nitrogens with zero attached hydrogens (tertiary/aromatic N) is 1. The number of carbonyl (C=O) groups is 2. The summed E-state index contributed by atoms with van der Waals surface area (Å²) in [6.07, 6.45) is -4.77. The molecule has 0 aliphatic carbocycles. The number of alkyl halides is 3. The molecule has 0 aromatic heterocycles. The summed E-state index contributed by atoms with van der Waals surface area (Å²) in [6, 6.07) is 13.2. The van der Waals surface area contributed by atoms with Crippen LogP contribution in [0.2, 0.25) is 5.02 Å². The van der Waals surface area contributed by atoms with Crippen LogP contribution in [0.1, 0.15) is 33.1 Å². The molecule has 32 heavy (non-hydrogen) atoms. The smallest absolute Gasteiger partial charge is 0.324 e. The maximum atomic E-state index is 13.6. The second-order valence-corrected chi connectivity index (χ2v) is 7.65. The first-order chi connectivity index (χ1) is 15.1. The third-order valence-electron chi connectivity index (χ3n) is 5.12. The van der Waals surface area contributed by atoms with Crippen LogP contribution in [0.3, 0.4) is 0 Å². The predicted octanol–water partition coefficient (Wildman–Crippen LogP) is 5.68. The molecule has 3 aromatic rings. The van der Waals surface area contributed by atoms with E-state index in [4.69, 9.17) is 11.6 Å². The van der Waals surface area contributed by atoms with Crippen LogP contribution >= 0.6 is 11.6 Å². The molecule has 1 aliphatic rings. The predicted molar refractivity (Wildman–Crippen MR) is 111 cm³/mol. The SMILES string of the molecule is O=C1CN(C(=O)c2ccccc2C(F)(F)F)C(c2ccc(F)cc2)c2ccc(Cl)cc2N1. The van der Waals surface area contributed by atoms with Crippen molar-refractivity contribution >= 4 is 29.1 Å². The zero-order chi connectivity index (χ0) is 23.0. The molecule has 1 unspecified atom stereocenters. The Bertz CT molecular complexity index is 1200. The van der Waals surface area contributed by atoms with Gasteiger partial charge in [-0.3, -0.25) is 9.59 Å². The number of rotatable bonds is 2. The van der Waals surface area contributed by atoms with Gasteiger partial charge in [-0.25, -0.2) is 4.39 Å². The van der Waals surface area contributed by atoms with Crippen molar-refractivity contribution in [1.29, 1.82) is 0 Å². The molecule has 0 radical (unpaired) electrons. The second-order valence-electron chi connectivity index (χ2n) is 7.21. The number of fused-ring (bicyclic) bond motifs is 1. The van der Waals surface area contributed by atoms with Crippen LogP contribution in [0.4, 0.5) is 23.2 Å². The molecule has 3 aromatic carbocycles. The van der Waals surface area contributed by atoms with Gasteiger partial charge in [-0.1, -0.05) is 41.9 Å². The summed E-state index contributed by atoms with van der Waals surface area (Å²) in [5.41, 5.74) is -0.522. The molecule has 1 heterocycles. The van der Waals surface area contributed by atoms with Crippen molar-refractivity contribution in [2.75, 3.05) is 11.9 Å². The number of halogens is 5. The number of amides is 2. The Morgan fingerprint density at radius 1 is 1.03 bits per heavy atom. The van der Waals surface area contributed by atoms with Crippen molar-refractivity contribution in [3.8, 4) is 0 Å². The molecule has 1 atom stereocenters. The molecule has 0 saturated carbocycles. The average molecular weight is 463 g/mol. The van der Waals surface area contributed by atoms with Crippen LogP contribution < -0.4 is 5.32 Å². The van der Waals surface area contributed by atoms with Crippen LogP contribution in [0, 0.1) is 5.82 Å². The van der Waals surface area contributed by atoms with Gasteiger partial charge in [0.05, 0.1) is 17.2 Å². The van der Waals surface area contributed by atoms with Crippen LogP contribution in [0.5, 0.6) is 0 Å². The van der Waals surface area contributed by atoms with Crippen LogP contribution in [0.25, 0.3) is 0 Å². The first-order valence-electron chi connectivity index (χ1n) is 9.47. The van der Waals surface area contributed by atoms with Gasteiger partial charge in [0.1, 0.15) is 12.4 Å². The molecule has 9 heteroatoms. The van der Waals surface area contributed by atoms with E-state index in [9.17, 15) is 27.2 Å². The van der Waals surface area contributed by atoms with Crippen molar-refractivity contribution in [1.82, 2.24) is 4.90 Å². The molecule has 1 aliphatic heterocycles. The van der Waals surface area contributed by atoms with Gasteiger partial charge in [0, 0.05) is 16.3 Å². The average Bonchev–Trinajstić information content (AvgIpc) is 2.88. The Balaban J connectivity index is 1.91. The minimum absolute atomic E-state index is 0.316. The van der Waals surface area contributed by atoms with E-state index < -0.39 is 47.5 Å². The highest BCUT2D eigenvalue weighted by atomic mass is 35.5. The zero-order valence-electron chi connectivity index (χ0n) is 16.3. The summed E-state index contributed by atoms with van der Waals surface area (Å²) < 4.78 is 54.3. The molecule has 0 spiro atoms. The summed E-state index contributed by atoms with van der Waals surface area (Å²) in [5.74, 6) is -2.10. The number of nitrogens with one attached hydrogen (secondary N) is 1. The maximum absolute atomic E-state index is 13.6. The summed E-state index contributed by atoms with van der Waals surface area (Å²) in [7, 11) is 0. The standard InChI is InChI=1S/C23H15ClF4N2O2/c24-14-7-10-17-19(11-14)29-20(31)12-30(21(17)13-5-8-15(25)9-6-13)22(32)16-3-1-2-4-18(16)23(26,27)28/h1-11,21H,12H2,(H,29,31). The van der Waals surface area contributed by atoms with E-state index in [0.29, 0.717) is 21.8 Å². The summed E-state index contributed by atoms with van der Waals surface area (Å²) in [5, 5.41) is 2.97. The Hall–Kier alpha value is -3.39. The van der Waals surface area contributed by atoms with Crippen LogP contribution in [-0.2, 0) is 11.0 Å². The lowest BCUT2D eigenvalue weighted by atomic mass is 9.94. The molecule has 4 nitrogen and oxygen atoms in total. The van der Waals surface area contributed by atoms with Gasteiger partial charge in [0.25, 0.3) is 5.91 Å². The van der Waals surface area contributed by atoms with Crippen LogP contribution in [0.15, 0.2) is 66.7 Å². The van der Waals surface area contributed by atoms with Crippen molar-refractivity contribution in [3.63, 3.8) is 0 Å². The first-order valence-corrected chi connectivity index (χ1v) is 9.85. The van der Waals surface area contributed by atoms with E-state index in [1.807, 2.05) is 0 Å². The third-order valence-corrected chi connectivity index (χ3v) is 5.35. The fourth-order valence-corrected chi connectivity index (χ4v) is 3.92. The normalized spacial score (nSPS) is 16.2. The highest BCUT2D eigenvalue weighted by Gasteiger charge is 2.39. The van der Waals surface area contributed by atoms with Gasteiger partial charge in [-0.05, 0) is 42.0 Å². The summed E-state index contributed by atoms with van der Waals surface area (Å²) in [6.45, 7) is -0.515. The van der Waals surface area contributed by atoms with E-state index in [1.165, 1.54) is 42.5 Å². The van der Waals surface area contributed by atoms with E-state index in [1.54, 1.807) is 12.1 Å². The molecule has 164 valence electrons. The molecule has 2 amide bonds. The quantitative estimate of drug-likeness (QED) is 0.498. The molecular weight excluding hydrogens is 448 g/mol. The number of anilines is 1. The maximum Gasteiger partial charge on any atom is 0.417 e. The fraction of sp³-hybridized carbons (Fsp3) is 0.130. The van der Waals surface area contributed by atoms with Crippen molar-refractivity contribution in [2.45, 2.75) is 12.2 Å². The lowest BCUT2D eigenvalue weighted by Crippen LogP contribution is -2.39. The number of hydrogen-bond acceptors (Lipinski definition) is 2. The Kier molecular flexibility index (Phi) is 5.64. The lowest BCUT2D eigenvalue weighted by Gasteiger charge is -2.31. The molecular formula is C23H15ClF4N2O2. The largest absolute Gasteiger partial charge is 0.417 e. The number of benzene rings is 3. The van der Waals surface area contributed by atoms with E-state index in [2.05, 4.69) is 5.32 Å². The van der Waals surface area contributed by atoms with Gasteiger partial charge in [-0.15, -0.1) is 0 Å². The van der Waals surface area contributed by atoms with Crippen LogP contribution in [-0.4, -0.2) is 23.3 Å². The monoisotopic (exact) mass is 462 g/mol. The lowest BCUT2D eigenvalue weighted by molar-refractivity contribution is -0.138. The van der Waals surface area contributed by atoms with Gasteiger partial charge in [-0.2, -0.15) is 13.2 Å². The highest BCUT2D eigenvalue weighted by molar-refractivity contribution is 6.31. The minimum Gasteiger partial charge on any atom is -0.324 e. The molecule has 1 N–H and O–H groups in total. The Labute approximate surface area is 185 Å². The van der Waals surface area contributed by atoms with Gasteiger partial charge in [0.2, 0.25) is 5.91 Å². The third kappa shape index (κ3) is 4.18. The number of hydrogen-bond donors (Lipinski definition) is 1. The Morgan fingerprint density at radius 2 is 1.72 bits per heavy atom. The van der Waals surface area contributed by atoms with E-state index in [-0.39, 0.29) is 0 Å². The molecule has 0 fully saturated rings. The first kappa shape index (κ1) is 21.8. The molecule has 4 rings (SSSR count). The van der Waals surface area contributed by atoms with Crippen molar-refractivity contribution in [2.24, 2.45) is 0 Å². The Morgan fingerprint density at radius 3 is 2.41 bits per heavy atom. The zero-order valence-corrected chi connectivity index (χ0v) is 17.0. The summed E-state index contributed by atoms with van der Waals surface area (Å²) in [4.78, 5) is 27.1. The molecule has 0 saturated heterocycles. The van der Waals surface area contributed by atoms with Gasteiger partial charge < -0.3 is 10.2 Å². The van der Waals surface area contributed by atoms with Crippen molar-refractivity contribution in [3.05, 3.63) is 99.8 Å². The van der Waals surface area contributed by atoms with Crippen molar-refractivity contribution < 1.29 is 27.2 Å². The van der Waals surface area contributed by atoms with Gasteiger partial charge in [0.15, 0.2) is 0 Å². The topological polar surface area (TPSA) is 49.4 Å². The fourth-order valence-electron chi connectivity index (χ4n) is 3.74. The van der Waals surface area contributed by atoms with E-state index in [0.717, 1.165) is 17.0 Å². The van der Waals surface area contributed by atoms with E-state index >= 15 is 0 Å². The molecule has 0 bridgehead atoms. The summed E-state index contributed by atoms with van der Waals surface area (Å²) >= 11 is 6.05. The highest BCUT2D eigenvalue weighted by Crippen LogP contribution is 2.39.